The van der Waals surface area contributed by atoms with Crippen molar-refractivity contribution < 1.29 is 4.79 Å². The smallest absolute Gasteiger partial charge is 0.270 e. The molecule has 7 heteroatoms. The average molecular weight is 337 g/mol. The van der Waals surface area contributed by atoms with E-state index in [0.29, 0.717) is 33.1 Å². The molecule has 22 heavy (non-hydrogen) atoms. The van der Waals surface area contributed by atoms with Crippen molar-refractivity contribution in [1.29, 1.82) is 0 Å². The van der Waals surface area contributed by atoms with Crippen LogP contribution in [0.2, 0.25) is 10.0 Å². The van der Waals surface area contributed by atoms with Crippen LogP contribution < -0.4 is 10.6 Å². The Balaban J connectivity index is 1.85. The van der Waals surface area contributed by atoms with Gasteiger partial charge in [-0.2, -0.15) is 0 Å². The molecule has 1 aliphatic rings. The van der Waals surface area contributed by atoms with Gasteiger partial charge in [-0.15, -0.1) is 0 Å². The Hall–Kier alpha value is -1.85. The molecule has 1 aromatic heterocycles. The number of aryl methyl sites for hydroxylation is 1. The number of aromatic nitrogens is 2. The SMILES string of the molecule is Cc1nc(Nc2cc(Cl)ccc2Cl)cc(C(=O)NC2CC2)n1. The van der Waals surface area contributed by atoms with Gasteiger partial charge in [-0.25, -0.2) is 9.97 Å². The summed E-state index contributed by atoms with van der Waals surface area (Å²) >= 11 is 12.1. The first-order valence-corrected chi connectivity index (χ1v) is 7.65. The number of carbonyl (C=O) groups excluding carboxylic acids is 1. The van der Waals surface area contributed by atoms with E-state index in [4.69, 9.17) is 23.2 Å². The topological polar surface area (TPSA) is 66.9 Å². The molecule has 1 saturated carbocycles. The Kier molecular flexibility index (Phi) is 4.18. The normalized spacial score (nSPS) is 13.8. The second-order valence-electron chi connectivity index (χ2n) is 5.18. The fraction of sp³-hybridized carbons (Fsp3) is 0.267. The lowest BCUT2D eigenvalue weighted by Crippen LogP contribution is -2.26. The Morgan fingerprint density at radius 1 is 1.23 bits per heavy atom. The second-order valence-corrected chi connectivity index (χ2v) is 6.03. The fourth-order valence-electron chi connectivity index (χ4n) is 1.97. The lowest BCUT2D eigenvalue weighted by molar-refractivity contribution is 0.0945. The number of anilines is 2. The van der Waals surface area contributed by atoms with Crippen molar-refractivity contribution in [1.82, 2.24) is 15.3 Å². The second kappa shape index (κ2) is 6.10. The molecule has 114 valence electrons. The number of amides is 1. The molecule has 0 bridgehead atoms. The molecule has 0 aliphatic heterocycles. The van der Waals surface area contributed by atoms with Gasteiger partial charge in [0.2, 0.25) is 0 Å². The van der Waals surface area contributed by atoms with Gasteiger partial charge in [0.15, 0.2) is 0 Å². The Morgan fingerprint density at radius 2 is 2.00 bits per heavy atom. The molecule has 1 aromatic carbocycles. The maximum Gasteiger partial charge on any atom is 0.270 e. The Bertz CT molecular complexity index is 731. The van der Waals surface area contributed by atoms with Gasteiger partial charge in [0.1, 0.15) is 17.3 Å². The number of nitrogens with zero attached hydrogens (tertiary/aromatic N) is 2. The molecule has 3 rings (SSSR count). The molecule has 1 aliphatic carbocycles. The average Bonchev–Trinajstić information content (AvgIpc) is 3.26. The molecular weight excluding hydrogens is 323 g/mol. The van der Waals surface area contributed by atoms with Gasteiger partial charge in [0.05, 0.1) is 10.7 Å². The Labute approximate surface area is 138 Å². The molecule has 1 fully saturated rings. The predicted octanol–water partition coefficient (Wildman–Crippen LogP) is 3.73. The number of halogens is 2. The summed E-state index contributed by atoms with van der Waals surface area (Å²) in [5.41, 5.74) is 0.959. The zero-order valence-electron chi connectivity index (χ0n) is 11.9. The van der Waals surface area contributed by atoms with Gasteiger partial charge in [-0.3, -0.25) is 4.79 Å². The van der Waals surface area contributed by atoms with E-state index < -0.39 is 0 Å². The minimum absolute atomic E-state index is 0.187. The van der Waals surface area contributed by atoms with Crippen molar-refractivity contribution in [3.8, 4) is 0 Å². The van der Waals surface area contributed by atoms with Crippen LogP contribution in [0.5, 0.6) is 0 Å². The van der Waals surface area contributed by atoms with Crippen molar-refractivity contribution in [2.75, 3.05) is 5.32 Å². The highest BCUT2D eigenvalue weighted by atomic mass is 35.5. The van der Waals surface area contributed by atoms with E-state index in [9.17, 15) is 4.79 Å². The van der Waals surface area contributed by atoms with Crippen LogP contribution in [-0.4, -0.2) is 21.9 Å². The first kappa shape index (κ1) is 15.1. The number of hydrogen-bond acceptors (Lipinski definition) is 4. The van der Waals surface area contributed by atoms with Crippen molar-refractivity contribution in [2.45, 2.75) is 25.8 Å². The van der Waals surface area contributed by atoms with Gasteiger partial charge < -0.3 is 10.6 Å². The van der Waals surface area contributed by atoms with Crippen LogP contribution in [0.1, 0.15) is 29.2 Å². The summed E-state index contributed by atoms with van der Waals surface area (Å²) in [4.78, 5) is 20.5. The fourth-order valence-corrected chi connectivity index (χ4v) is 2.30. The highest BCUT2D eigenvalue weighted by molar-refractivity contribution is 6.35. The maximum absolute atomic E-state index is 12.1. The van der Waals surface area contributed by atoms with Crippen LogP contribution in [0.15, 0.2) is 24.3 Å². The quantitative estimate of drug-likeness (QED) is 0.892. The maximum atomic E-state index is 12.1. The van der Waals surface area contributed by atoms with Crippen LogP contribution in [0.25, 0.3) is 0 Å². The third-order valence-corrected chi connectivity index (χ3v) is 3.74. The molecule has 0 radical (unpaired) electrons. The van der Waals surface area contributed by atoms with Crippen LogP contribution >= 0.6 is 23.2 Å². The highest BCUT2D eigenvalue weighted by Crippen LogP contribution is 2.28. The summed E-state index contributed by atoms with van der Waals surface area (Å²) in [7, 11) is 0. The summed E-state index contributed by atoms with van der Waals surface area (Å²) in [6.45, 7) is 1.73. The number of nitrogens with one attached hydrogen (secondary N) is 2. The zero-order valence-corrected chi connectivity index (χ0v) is 13.4. The van der Waals surface area contributed by atoms with E-state index >= 15 is 0 Å². The summed E-state index contributed by atoms with van der Waals surface area (Å²) in [6, 6.07) is 6.98. The van der Waals surface area contributed by atoms with Gasteiger partial charge in [0, 0.05) is 17.1 Å². The number of benzene rings is 1. The van der Waals surface area contributed by atoms with Gasteiger partial charge in [-0.05, 0) is 38.0 Å². The van der Waals surface area contributed by atoms with Crippen molar-refractivity contribution in [2.24, 2.45) is 0 Å². The lowest BCUT2D eigenvalue weighted by atomic mass is 10.3. The summed E-state index contributed by atoms with van der Waals surface area (Å²) in [5.74, 6) is 0.815. The monoisotopic (exact) mass is 336 g/mol. The van der Waals surface area contributed by atoms with Crippen LogP contribution in [0.3, 0.4) is 0 Å². The first-order chi connectivity index (χ1) is 10.5. The summed E-state index contributed by atoms with van der Waals surface area (Å²) in [6.07, 6.45) is 2.05. The number of carbonyl (C=O) groups is 1. The molecule has 0 spiro atoms. The van der Waals surface area contributed by atoms with E-state index in [1.54, 1.807) is 31.2 Å². The molecule has 1 amide bonds. The molecule has 2 N–H and O–H groups in total. The van der Waals surface area contributed by atoms with Gasteiger partial charge in [-0.1, -0.05) is 23.2 Å². The third-order valence-electron chi connectivity index (χ3n) is 3.17. The molecule has 1 heterocycles. The van der Waals surface area contributed by atoms with Crippen molar-refractivity contribution in [3.63, 3.8) is 0 Å². The molecule has 0 atom stereocenters. The predicted molar refractivity (Wildman–Crippen MR) is 87.0 cm³/mol. The molecule has 0 saturated heterocycles. The van der Waals surface area contributed by atoms with E-state index in [-0.39, 0.29) is 11.9 Å². The van der Waals surface area contributed by atoms with Crippen molar-refractivity contribution >= 4 is 40.6 Å². The summed E-state index contributed by atoms with van der Waals surface area (Å²) in [5, 5.41) is 7.05. The largest absolute Gasteiger partial charge is 0.348 e. The molecule has 2 aromatic rings. The summed E-state index contributed by atoms with van der Waals surface area (Å²) < 4.78 is 0. The standard InChI is InChI=1S/C15H14Cl2N4O/c1-8-18-13(15(22)20-10-3-4-10)7-14(19-8)21-12-6-9(16)2-5-11(12)17/h2,5-7,10H,3-4H2,1H3,(H,20,22)(H,18,19,21). The Morgan fingerprint density at radius 3 is 2.73 bits per heavy atom. The zero-order chi connectivity index (χ0) is 15.7. The third kappa shape index (κ3) is 3.67. The lowest BCUT2D eigenvalue weighted by Gasteiger charge is -2.10. The molecular formula is C15H14Cl2N4O. The van der Waals surface area contributed by atoms with E-state index in [1.165, 1.54) is 0 Å². The van der Waals surface area contributed by atoms with Crippen LogP contribution in [-0.2, 0) is 0 Å². The van der Waals surface area contributed by atoms with E-state index in [0.717, 1.165) is 12.8 Å². The molecule has 0 unspecified atom stereocenters. The first-order valence-electron chi connectivity index (χ1n) is 6.90. The van der Waals surface area contributed by atoms with Gasteiger partial charge >= 0.3 is 0 Å². The van der Waals surface area contributed by atoms with Crippen LogP contribution in [0, 0.1) is 6.92 Å². The van der Waals surface area contributed by atoms with E-state index in [1.807, 2.05) is 0 Å². The number of rotatable bonds is 4. The van der Waals surface area contributed by atoms with Crippen molar-refractivity contribution in [3.05, 3.63) is 45.8 Å². The molecule has 5 nitrogen and oxygen atoms in total. The van der Waals surface area contributed by atoms with E-state index in [2.05, 4.69) is 20.6 Å². The number of hydrogen-bond donors (Lipinski definition) is 2. The minimum atomic E-state index is -0.187. The van der Waals surface area contributed by atoms with Gasteiger partial charge in [0.25, 0.3) is 5.91 Å². The highest BCUT2D eigenvalue weighted by Gasteiger charge is 2.24. The van der Waals surface area contributed by atoms with Crippen LogP contribution in [0.4, 0.5) is 11.5 Å². The minimum Gasteiger partial charge on any atom is -0.348 e.